The van der Waals surface area contributed by atoms with Gasteiger partial charge in [0.15, 0.2) is 0 Å². The maximum absolute atomic E-state index is 12.0. The summed E-state index contributed by atoms with van der Waals surface area (Å²) in [4.78, 5) is 12.0. The van der Waals surface area contributed by atoms with E-state index >= 15 is 0 Å². The molecule has 1 heterocycles. The van der Waals surface area contributed by atoms with Gasteiger partial charge in [0.25, 0.3) is 0 Å². The Kier molecular flexibility index (Phi) is 3.79. The number of hydrogen-bond acceptors (Lipinski definition) is 3. The highest BCUT2D eigenvalue weighted by Crippen LogP contribution is 2.28. The monoisotopic (exact) mass is 292 g/mol. The van der Waals surface area contributed by atoms with Crippen LogP contribution in [0.3, 0.4) is 0 Å². The van der Waals surface area contributed by atoms with Crippen LogP contribution in [0.4, 0.5) is 0 Å². The van der Waals surface area contributed by atoms with Crippen molar-refractivity contribution in [2.45, 2.75) is 6.92 Å². The number of rotatable bonds is 3. The van der Waals surface area contributed by atoms with Gasteiger partial charge in [0.1, 0.15) is 11.5 Å². The highest BCUT2D eigenvalue weighted by atomic mass is 16.5. The van der Waals surface area contributed by atoms with E-state index in [4.69, 9.17) is 9.47 Å². The number of carbonyl (C=O) groups excluding carboxylic acids is 1. The van der Waals surface area contributed by atoms with Crippen LogP contribution in [0.2, 0.25) is 0 Å². The Labute approximate surface area is 129 Å². The molecule has 0 aliphatic carbocycles. The van der Waals surface area contributed by atoms with Crippen LogP contribution in [0.15, 0.2) is 60.2 Å². The third-order valence-electron chi connectivity index (χ3n) is 3.54. The van der Waals surface area contributed by atoms with Crippen LogP contribution in [0.5, 0.6) is 5.75 Å². The number of cyclic esters (lactones) is 1. The van der Waals surface area contributed by atoms with Crippen LogP contribution >= 0.6 is 0 Å². The Morgan fingerprint density at radius 2 is 1.86 bits per heavy atom. The van der Waals surface area contributed by atoms with Crippen molar-refractivity contribution in [1.29, 1.82) is 0 Å². The van der Waals surface area contributed by atoms with Gasteiger partial charge in [0.2, 0.25) is 0 Å². The summed E-state index contributed by atoms with van der Waals surface area (Å²) in [6, 6.07) is 15.4. The minimum atomic E-state index is -0.335. The molecule has 3 rings (SSSR count). The van der Waals surface area contributed by atoms with Gasteiger partial charge in [0, 0.05) is 5.56 Å². The normalized spacial score (nSPS) is 15.6. The summed E-state index contributed by atoms with van der Waals surface area (Å²) < 4.78 is 10.6. The summed E-state index contributed by atoms with van der Waals surface area (Å²) in [7, 11) is 1.64. The fourth-order valence-corrected chi connectivity index (χ4v) is 2.34. The van der Waals surface area contributed by atoms with E-state index in [1.54, 1.807) is 19.3 Å². The molecule has 3 heteroatoms. The van der Waals surface area contributed by atoms with Crippen LogP contribution in [0, 0.1) is 6.92 Å². The van der Waals surface area contributed by atoms with Gasteiger partial charge in [-0.15, -0.1) is 0 Å². The molecule has 22 heavy (non-hydrogen) atoms. The average Bonchev–Trinajstić information content (AvgIpc) is 2.91. The van der Waals surface area contributed by atoms with E-state index in [0.717, 1.165) is 22.4 Å². The highest BCUT2D eigenvalue weighted by Gasteiger charge is 2.21. The minimum Gasteiger partial charge on any atom is -0.496 e. The second-order valence-electron chi connectivity index (χ2n) is 5.09. The van der Waals surface area contributed by atoms with Gasteiger partial charge in [-0.1, -0.05) is 42.5 Å². The number of hydrogen-bond donors (Lipinski definition) is 0. The molecule has 110 valence electrons. The van der Waals surface area contributed by atoms with E-state index < -0.39 is 0 Å². The van der Waals surface area contributed by atoms with Gasteiger partial charge in [-0.05, 0) is 36.3 Å². The van der Waals surface area contributed by atoms with E-state index in [9.17, 15) is 4.79 Å². The Bertz CT molecular complexity index is 771. The first-order valence-corrected chi connectivity index (χ1v) is 7.03. The first-order chi connectivity index (χ1) is 10.7. The van der Waals surface area contributed by atoms with Gasteiger partial charge in [0.05, 0.1) is 12.7 Å². The molecule has 0 atom stereocenters. The minimum absolute atomic E-state index is 0.335. The average molecular weight is 292 g/mol. The predicted octanol–water partition coefficient (Wildman–Crippen LogP) is 3.98. The summed E-state index contributed by atoms with van der Waals surface area (Å²) in [6.07, 6.45) is 3.57. The topological polar surface area (TPSA) is 35.5 Å². The second-order valence-corrected chi connectivity index (χ2v) is 5.09. The van der Waals surface area contributed by atoms with Crippen molar-refractivity contribution in [1.82, 2.24) is 0 Å². The Hall–Kier alpha value is -2.81. The summed E-state index contributed by atoms with van der Waals surface area (Å²) in [5.74, 6) is 1.04. The van der Waals surface area contributed by atoms with Gasteiger partial charge in [-0.3, -0.25) is 0 Å². The molecule has 3 nitrogen and oxygen atoms in total. The van der Waals surface area contributed by atoms with Gasteiger partial charge in [-0.2, -0.15) is 0 Å². The van der Waals surface area contributed by atoms with Gasteiger partial charge in [-0.25, -0.2) is 4.79 Å². The second kappa shape index (κ2) is 5.90. The highest BCUT2D eigenvalue weighted by molar-refractivity contribution is 6.05. The Balaban J connectivity index is 1.94. The molecule has 0 spiro atoms. The lowest BCUT2D eigenvalue weighted by molar-refractivity contribution is -0.130. The number of benzene rings is 2. The fourth-order valence-electron chi connectivity index (χ4n) is 2.34. The van der Waals surface area contributed by atoms with E-state index in [1.165, 1.54) is 0 Å². The van der Waals surface area contributed by atoms with Crippen molar-refractivity contribution in [2.24, 2.45) is 0 Å². The van der Waals surface area contributed by atoms with Crippen LogP contribution in [-0.2, 0) is 9.53 Å². The smallest absolute Gasteiger partial charge is 0.343 e. The molecule has 0 N–H and O–H groups in total. The number of methoxy groups -OCH3 is 1. The Morgan fingerprint density at radius 3 is 2.59 bits per heavy atom. The zero-order chi connectivity index (χ0) is 15.5. The first kappa shape index (κ1) is 14.1. The third kappa shape index (κ3) is 2.79. The molecule has 1 aliphatic heterocycles. The van der Waals surface area contributed by atoms with Crippen molar-refractivity contribution in [3.63, 3.8) is 0 Å². The standard InChI is InChI=1S/C19H16O3/c1-13-8-9-14(11-17(13)21-2)10-16-12-18(22-19(16)20)15-6-4-3-5-7-15/h3-12H,1-2H3. The molecule has 0 bridgehead atoms. The molecule has 0 unspecified atom stereocenters. The maximum Gasteiger partial charge on any atom is 0.343 e. The molecule has 1 aliphatic rings. The molecule has 0 radical (unpaired) electrons. The molecule has 0 saturated carbocycles. The predicted molar refractivity (Wildman–Crippen MR) is 86.2 cm³/mol. The zero-order valence-electron chi connectivity index (χ0n) is 12.5. The molecule has 0 aromatic heterocycles. The Morgan fingerprint density at radius 1 is 1.09 bits per heavy atom. The summed E-state index contributed by atoms with van der Waals surface area (Å²) in [5.41, 5.74) is 3.38. The van der Waals surface area contributed by atoms with E-state index in [-0.39, 0.29) is 5.97 Å². The molecule has 2 aromatic carbocycles. The number of esters is 1. The summed E-state index contributed by atoms with van der Waals surface area (Å²) in [5, 5.41) is 0. The first-order valence-electron chi connectivity index (χ1n) is 7.03. The van der Waals surface area contributed by atoms with Gasteiger partial charge < -0.3 is 9.47 Å². The van der Waals surface area contributed by atoms with Crippen LogP contribution in [0.1, 0.15) is 16.7 Å². The fraction of sp³-hybridized carbons (Fsp3) is 0.105. The van der Waals surface area contributed by atoms with Crippen molar-refractivity contribution in [3.8, 4) is 5.75 Å². The number of carbonyl (C=O) groups is 1. The largest absolute Gasteiger partial charge is 0.496 e. The number of aryl methyl sites for hydroxylation is 1. The lowest BCUT2D eigenvalue weighted by atomic mass is 10.1. The molecular weight excluding hydrogens is 276 g/mol. The lowest BCUT2D eigenvalue weighted by Crippen LogP contribution is -1.97. The SMILES string of the molecule is COc1cc(C=C2C=C(c3ccccc3)OC2=O)ccc1C. The van der Waals surface area contributed by atoms with Gasteiger partial charge >= 0.3 is 5.97 Å². The molecular formula is C19H16O3. The number of ether oxygens (including phenoxy) is 2. The molecule has 0 saturated heterocycles. The van der Waals surface area contributed by atoms with Crippen LogP contribution < -0.4 is 4.74 Å². The summed E-state index contributed by atoms with van der Waals surface area (Å²) >= 11 is 0. The van der Waals surface area contributed by atoms with Crippen LogP contribution in [0.25, 0.3) is 11.8 Å². The third-order valence-corrected chi connectivity index (χ3v) is 3.54. The van der Waals surface area contributed by atoms with Crippen molar-refractivity contribution >= 4 is 17.8 Å². The van der Waals surface area contributed by atoms with Crippen molar-refractivity contribution in [2.75, 3.05) is 7.11 Å². The van der Waals surface area contributed by atoms with Crippen LogP contribution in [-0.4, -0.2) is 13.1 Å². The zero-order valence-corrected chi connectivity index (χ0v) is 12.5. The molecule has 0 fully saturated rings. The molecule has 0 amide bonds. The summed E-state index contributed by atoms with van der Waals surface area (Å²) in [6.45, 7) is 1.98. The quantitative estimate of drug-likeness (QED) is 0.634. The van der Waals surface area contributed by atoms with E-state index in [2.05, 4.69) is 0 Å². The van der Waals surface area contributed by atoms with Crippen molar-refractivity contribution < 1.29 is 14.3 Å². The lowest BCUT2D eigenvalue weighted by Gasteiger charge is -2.05. The van der Waals surface area contributed by atoms with E-state index in [0.29, 0.717) is 11.3 Å². The van der Waals surface area contributed by atoms with E-state index in [1.807, 2.05) is 55.5 Å². The maximum atomic E-state index is 12.0. The molecule has 2 aromatic rings. The van der Waals surface area contributed by atoms with Crippen molar-refractivity contribution in [3.05, 3.63) is 76.9 Å².